The molecule has 0 aliphatic carbocycles. The highest BCUT2D eigenvalue weighted by Crippen LogP contribution is 2.19. The van der Waals surface area contributed by atoms with Gasteiger partial charge in [0.05, 0.1) is 0 Å². The van der Waals surface area contributed by atoms with Gasteiger partial charge >= 0.3 is 12.1 Å². The number of benzene rings is 2. The minimum Gasteiger partial charge on any atom is -0.479 e. The molecule has 2 aromatic rings. The van der Waals surface area contributed by atoms with E-state index in [1.165, 1.54) is 0 Å². The number of alkyl carbamates (subject to hydrolysis) is 1. The Morgan fingerprint density at radius 3 is 2.43 bits per heavy atom. The van der Waals surface area contributed by atoms with Crippen LogP contribution in [0.4, 0.5) is 4.79 Å². The molecule has 1 atom stereocenters. The van der Waals surface area contributed by atoms with Crippen LogP contribution < -0.4 is 5.32 Å². The molecule has 5 heteroatoms. The first kappa shape index (κ1) is 16.5. The number of carboxylic acids is 1. The molecule has 120 valence electrons. The Balaban J connectivity index is 2.04. The third-order valence-corrected chi connectivity index (χ3v) is 3.46. The number of carboxylic acid groups (broad SMARTS) is 1. The summed E-state index contributed by atoms with van der Waals surface area (Å²) in [4.78, 5) is 23.4. The van der Waals surface area contributed by atoms with Gasteiger partial charge in [0.2, 0.25) is 0 Å². The monoisotopic (exact) mass is 313 g/mol. The molecule has 0 unspecified atom stereocenters. The first-order chi connectivity index (χ1) is 11.0. The molecule has 0 spiro atoms. The summed E-state index contributed by atoms with van der Waals surface area (Å²) in [6.07, 6.45) is -0.763. The van der Waals surface area contributed by atoms with Crippen LogP contribution in [0.1, 0.15) is 28.3 Å². The number of carbonyl (C=O) groups is 2. The highest BCUT2D eigenvalue weighted by molar-refractivity contribution is 5.81. The molecule has 2 N–H and O–H groups in total. The van der Waals surface area contributed by atoms with E-state index >= 15 is 0 Å². The predicted octanol–water partition coefficient (Wildman–Crippen LogP) is 3.36. The van der Waals surface area contributed by atoms with Gasteiger partial charge in [-0.2, -0.15) is 0 Å². The van der Waals surface area contributed by atoms with Crippen LogP contribution in [0, 0.1) is 13.8 Å². The first-order valence-electron chi connectivity index (χ1n) is 7.24. The molecule has 0 saturated carbocycles. The molecule has 0 fully saturated rings. The van der Waals surface area contributed by atoms with Crippen molar-refractivity contribution in [2.45, 2.75) is 26.5 Å². The minimum atomic E-state index is -1.14. The topological polar surface area (TPSA) is 75.6 Å². The van der Waals surface area contributed by atoms with E-state index in [-0.39, 0.29) is 6.61 Å². The molecule has 0 aromatic heterocycles. The predicted molar refractivity (Wildman–Crippen MR) is 86.1 cm³/mol. The van der Waals surface area contributed by atoms with Crippen molar-refractivity contribution in [1.82, 2.24) is 5.32 Å². The maximum atomic E-state index is 11.9. The van der Waals surface area contributed by atoms with Gasteiger partial charge in [-0.15, -0.1) is 0 Å². The molecule has 2 rings (SSSR count). The van der Waals surface area contributed by atoms with Crippen LogP contribution in [-0.2, 0) is 16.1 Å². The summed E-state index contributed by atoms with van der Waals surface area (Å²) in [6.45, 7) is 3.83. The first-order valence-corrected chi connectivity index (χ1v) is 7.24. The number of rotatable bonds is 5. The fraction of sp³-hybridized carbons (Fsp3) is 0.222. The van der Waals surface area contributed by atoms with Gasteiger partial charge in [-0.1, -0.05) is 54.1 Å². The van der Waals surface area contributed by atoms with E-state index in [2.05, 4.69) is 5.32 Å². The maximum absolute atomic E-state index is 11.9. The second-order valence-electron chi connectivity index (χ2n) is 5.34. The fourth-order valence-electron chi connectivity index (χ4n) is 2.30. The Morgan fingerprint density at radius 1 is 1.13 bits per heavy atom. The van der Waals surface area contributed by atoms with Crippen molar-refractivity contribution in [1.29, 1.82) is 0 Å². The molecule has 2 aromatic carbocycles. The highest BCUT2D eigenvalue weighted by Gasteiger charge is 2.24. The number of aryl methyl sites for hydroxylation is 2. The van der Waals surface area contributed by atoms with Gasteiger partial charge in [-0.25, -0.2) is 9.59 Å². The van der Waals surface area contributed by atoms with Crippen LogP contribution in [0.3, 0.4) is 0 Å². The van der Waals surface area contributed by atoms with E-state index in [1.54, 1.807) is 6.07 Å². The summed E-state index contributed by atoms with van der Waals surface area (Å²) in [5.74, 6) is -1.13. The zero-order valence-electron chi connectivity index (χ0n) is 13.1. The average Bonchev–Trinajstić information content (AvgIpc) is 2.52. The molecular formula is C18H19NO4. The lowest BCUT2D eigenvalue weighted by molar-refractivity contribution is -0.139. The Labute approximate surface area is 134 Å². The normalized spacial score (nSPS) is 11.6. The van der Waals surface area contributed by atoms with E-state index in [4.69, 9.17) is 4.74 Å². The molecule has 0 radical (unpaired) electrons. The van der Waals surface area contributed by atoms with Crippen molar-refractivity contribution in [3.8, 4) is 0 Å². The van der Waals surface area contributed by atoms with Gasteiger partial charge in [0, 0.05) is 0 Å². The Kier molecular flexibility index (Phi) is 5.36. The third kappa shape index (κ3) is 4.57. The van der Waals surface area contributed by atoms with E-state index in [0.29, 0.717) is 5.56 Å². The maximum Gasteiger partial charge on any atom is 0.408 e. The van der Waals surface area contributed by atoms with Gasteiger partial charge in [-0.3, -0.25) is 0 Å². The van der Waals surface area contributed by atoms with Crippen LogP contribution in [0.15, 0.2) is 48.5 Å². The van der Waals surface area contributed by atoms with Crippen LogP contribution in [-0.4, -0.2) is 17.2 Å². The van der Waals surface area contributed by atoms with Crippen molar-refractivity contribution in [3.63, 3.8) is 0 Å². The van der Waals surface area contributed by atoms with E-state index in [1.807, 2.05) is 56.3 Å². The summed E-state index contributed by atoms with van der Waals surface area (Å²) in [7, 11) is 0. The van der Waals surface area contributed by atoms with Crippen LogP contribution in [0.5, 0.6) is 0 Å². The standard InChI is InChI=1S/C18H19NO4/c1-12-8-9-15(13(2)10-12)16(17(20)21)19-18(22)23-11-14-6-4-3-5-7-14/h3-10,16H,11H2,1-2H3,(H,19,22)(H,20,21)/t16-/m0/s1. The zero-order valence-corrected chi connectivity index (χ0v) is 13.1. The van der Waals surface area contributed by atoms with Crippen LogP contribution in [0.25, 0.3) is 0 Å². The minimum absolute atomic E-state index is 0.0892. The summed E-state index contributed by atoms with van der Waals surface area (Å²) in [6, 6.07) is 13.5. The zero-order chi connectivity index (χ0) is 16.8. The molecule has 0 aliphatic heterocycles. The number of carbonyl (C=O) groups excluding carboxylic acids is 1. The van der Waals surface area contributed by atoms with Crippen molar-refractivity contribution in [3.05, 3.63) is 70.8 Å². The molecule has 0 bridgehead atoms. The molecule has 0 saturated heterocycles. The van der Waals surface area contributed by atoms with Gasteiger partial charge in [0.1, 0.15) is 6.61 Å². The van der Waals surface area contributed by atoms with Crippen molar-refractivity contribution in [2.24, 2.45) is 0 Å². The smallest absolute Gasteiger partial charge is 0.408 e. The van der Waals surface area contributed by atoms with Crippen LogP contribution >= 0.6 is 0 Å². The summed E-state index contributed by atoms with van der Waals surface area (Å²) >= 11 is 0. The number of aliphatic carboxylic acids is 1. The Hall–Kier alpha value is -2.82. The lowest BCUT2D eigenvalue weighted by Crippen LogP contribution is -2.34. The SMILES string of the molecule is Cc1ccc([C@H](NC(=O)OCc2ccccc2)C(=O)O)c(C)c1. The lowest BCUT2D eigenvalue weighted by Gasteiger charge is -2.17. The molecular weight excluding hydrogens is 294 g/mol. The third-order valence-electron chi connectivity index (χ3n) is 3.46. The molecule has 0 heterocycles. The summed E-state index contributed by atoms with van der Waals surface area (Å²) in [5, 5.41) is 11.8. The van der Waals surface area contributed by atoms with Gasteiger partial charge < -0.3 is 15.2 Å². The lowest BCUT2D eigenvalue weighted by atomic mass is 9.99. The molecule has 1 amide bonds. The Morgan fingerprint density at radius 2 is 1.83 bits per heavy atom. The number of amides is 1. The van der Waals surface area contributed by atoms with E-state index in [0.717, 1.165) is 16.7 Å². The molecule has 5 nitrogen and oxygen atoms in total. The van der Waals surface area contributed by atoms with Crippen molar-refractivity contribution < 1.29 is 19.4 Å². The summed E-state index contributed by atoms with van der Waals surface area (Å²) < 4.78 is 5.08. The van der Waals surface area contributed by atoms with E-state index in [9.17, 15) is 14.7 Å². The summed E-state index contributed by atoms with van der Waals surface area (Å²) in [5.41, 5.74) is 3.21. The number of ether oxygens (including phenoxy) is 1. The van der Waals surface area contributed by atoms with Gasteiger partial charge in [-0.05, 0) is 30.5 Å². The van der Waals surface area contributed by atoms with Gasteiger partial charge in [0.25, 0.3) is 0 Å². The van der Waals surface area contributed by atoms with Crippen molar-refractivity contribution >= 4 is 12.1 Å². The highest BCUT2D eigenvalue weighted by atomic mass is 16.5. The van der Waals surface area contributed by atoms with Crippen LogP contribution in [0.2, 0.25) is 0 Å². The average molecular weight is 313 g/mol. The van der Waals surface area contributed by atoms with E-state index < -0.39 is 18.1 Å². The second-order valence-corrected chi connectivity index (χ2v) is 5.34. The Bertz CT molecular complexity index is 697. The molecule has 0 aliphatic rings. The number of hydrogen-bond donors (Lipinski definition) is 2. The quantitative estimate of drug-likeness (QED) is 0.887. The number of hydrogen-bond acceptors (Lipinski definition) is 3. The molecule has 23 heavy (non-hydrogen) atoms. The largest absolute Gasteiger partial charge is 0.479 e. The number of nitrogens with one attached hydrogen (secondary N) is 1. The second kappa shape index (κ2) is 7.45. The van der Waals surface area contributed by atoms with Crippen molar-refractivity contribution in [2.75, 3.05) is 0 Å². The fourth-order valence-corrected chi connectivity index (χ4v) is 2.30. The van der Waals surface area contributed by atoms with Gasteiger partial charge in [0.15, 0.2) is 6.04 Å².